The summed E-state index contributed by atoms with van der Waals surface area (Å²) in [6.45, 7) is 0. The van der Waals surface area contributed by atoms with Crippen molar-refractivity contribution in [2.24, 2.45) is 0 Å². The van der Waals surface area contributed by atoms with Gasteiger partial charge in [-0.25, -0.2) is 8.77 Å². The molecule has 1 N–H and O–H groups in total. The summed E-state index contributed by atoms with van der Waals surface area (Å²) >= 11 is -0.251. The second-order valence-corrected chi connectivity index (χ2v) is 2.87. The molecule has 0 aliphatic heterocycles. The maximum absolute atomic E-state index is 11.8. The molecule has 0 fully saturated rings. The Bertz CT molecular complexity index is 413. The molecule has 5 nitrogen and oxygen atoms in total. The van der Waals surface area contributed by atoms with E-state index in [9.17, 15) is 23.5 Å². The third kappa shape index (κ3) is 2.31. The van der Waals surface area contributed by atoms with Crippen molar-refractivity contribution in [2.75, 3.05) is 0 Å². The monoisotopic (exact) mass is 209 g/mol. The Morgan fingerprint density at radius 2 is 2.15 bits per heavy atom. The molecule has 0 amide bonds. The van der Waals surface area contributed by atoms with Crippen molar-refractivity contribution in [3.8, 4) is 5.88 Å². The summed E-state index contributed by atoms with van der Waals surface area (Å²) in [5.74, 6) is -3.95. The predicted octanol–water partition coefficient (Wildman–Crippen LogP) is -0.671. The molecule has 0 unspecified atom stereocenters. The van der Waals surface area contributed by atoms with Gasteiger partial charge in [0.15, 0.2) is 0 Å². The van der Waals surface area contributed by atoms with Gasteiger partial charge in [-0.15, -0.1) is 0 Å². The van der Waals surface area contributed by atoms with Crippen LogP contribution in [0.5, 0.6) is 5.88 Å². The predicted molar refractivity (Wildman–Crippen MR) is 39.8 cm³/mol. The number of aromatic nitrogens is 2. The lowest BCUT2D eigenvalue weighted by atomic mass is 10.6. The Morgan fingerprint density at radius 1 is 1.54 bits per heavy atom. The third-order valence-corrected chi connectivity index (χ3v) is 1.77. The first-order valence-electron chi connectivity index (χ1n) is 2.99. The lowest BCUT2D eigenvalue weighted by Crippen LogP contribution is -2.29. The van der Waals surface area contributed by atoms with E-state index in [0.717, 1.165) is 0 Å². The van der Waals surface area contributed by atoms with Crippen LogP contribution in [0, 0.1) is 0 Å². The molecule has 0 aliphatic rings. The number of nitrogens with zero attached hydrogens (tertiary/aromatic N) is 1. The molecular weight excluding hydrogens is 206 g/mol. The van der Waals surface area contributed by atoms with Crippen LogP contribution in [-0.4, -0.2) is 14.7 Å². The Kier molecular flexibility index (Phi) is 2.71. The van der Waals surface area contributed by atoms with Gasteiger partial charge in [-0.1, -0.05) is 0 Å². The van der Waals surface area contributed by atoms with Crippen LogP contribution in [0.1, 0.15) is 0 Å². The number of hydrogen-bond donors (Lipinski definition) is 1. The van der Waals surface area contributed by atoms with Gasteiger partial charge in [-0.3, -0.25) is 9.78 Å². The molecule has 8 heteroatoms. The van der Waals surface area contributed by atoms with Crippen molar-refractivity contribution in [2.45, 2.75) is 5.76 Å². The van der Waals surface area contributed by atoms with Crippen LogP contribution >= 0.6 is 11.9 Å². The molecule has 13 heavy (non-hydrogen) atoms. The lowest BCUT2D eigenvalue weighted by Gasteiger charge is -2.12. The number of aromatic amines is 1. The third-order valence-electron chi connectivity index (χ3n) is 1.05. The van der Waals surface area contributed by atoms with E-state index < -0.39 is 22.9 Å². The number of rotatable bonds is 2. The molecule has 1 aromatic heterocycles. The van der Waals surface area contributed by atoms with Gasteiger partial charge in [-0.05, 0) is 5.88 Å². The van der Waals surface area contributed by atoms with E-state index in [-0.39, 0.29) is 15.9 Å². The van der Waals surface area contributed by atoms with Gasteiger partial charge in [0, 0.05) is 18.0 Å². The number of alkyl halides is 2. The molecule has 0 bridgehead atoms. The fourth-order valence-corrected chi connectivity index (χ4v) is 1.10. The van der Waals surface area contributed by atoms with Crippen molar-refractivity contribution in [1.29, 1.82) is 0 Å². The van der Waals surface area contributed by atoms with Gasteiger partial charge < -0.3 is 5.11 Å². The first kappa shape index (κ1) is 9.78. The zero-order valence-electron chi connectivity index (χ0n) is 5.99. The Balaban J connectivity index is 3.22. The van der Waals surface area contributed by atoms with Crippen LogP contribution in [0.2, 0.25) is 0 Å². The number of halogens is 2. The number of H-pyrrole nitrogens is 1. The molecule has 0 saturated carbocycles. The summed E-state index contributed by atoms with van der Waals surface area (Å²) in [4.78, 5) is 22.9. The van der Waals surface area contributed by atoms with E-state index in [1.807, 2.05) is 0 Å². The van der Waals surface area contributed by atoms with Crippen molar-refractivity contribution in [1.82, 2.24) is 8.96 Å². The average Bonchev–Trinajstić information content (AvgIpc) is 1.96. The Morgan fingerprint density at radius 3 is 2.62 bits per heavy atom. The van der Waals surface area contributed by atoms with Crippen LogP contribution in [-0.2, 0) is 0 Å². The van der Waals surface area contributed by atoms with E-state index in [4.69, 9.17) is 0 Å². The first-order valence-corrected chi connectivity index (χ1v) is 3.83. The van der Waals surface area contributed by atoms with E-state index in [1.165, 1.54) is 0 Å². The zero-order chi connectivity index (χ0) is 10.0. The molecule has 0 atom stereocenters. The zero-order valence-corrected chi connectivity index (χ0v) is 6.81. The van der Waals surface area contributed by atoms with Crippen LogP contribution in [0.4, 0.5) is 8.78 Å². The second-order valence-electron chi connectivity index (χ2n) is 1.94. The molecule has 1 aromatic rings. The highest BCUT2D eigenvalue weighted by atomic mass is 32.2. The molecule has 0 aliphatic carbocycles. The highest BCUT2D eigenvalue weighted by Gasteiger charge is 2.07. The molecule has 0 spiro atoms. The molecule has 0 aromatic carbocycles. The normalized spacial score (nSPS) is 10.7. The minimum absolute atomic E-state index is 0.187. The summed E-state index contributed by atoms with van der Waals surface area (Å²) < 4.78 is 23.7. The molecule has 72 valence electrons. The molecule has 0 radical (unpaired) electrons. The summed E-state index contributed by atoms with van der Waals surface area (Å²) in [5.41, 5.74) is -2.05. The first-order chi connectivity index (χ1) is 6.00. The number of hydrogen-bond acceptors (Lipinski definition) is 4. The Labute approximate surface area is 74.2 Å². The smallest absolute Gasteiger partial charge is 0.338 e. The van der Waals surface area contributed by atoms with Crippen molar-refractivity contribution < 1.29 is 13.9 Å². The molecule has 1 heterocycles. The largest absolute Gasteiger partial charge is 0.859 e. The summed E-state index contributed by atoms with van der Waals surface area (Å²) in [7, 11) is 0. The van der Waals surface area contributed by atoms with Crippen LogP contribution in [0.3, 0.4) is 0 Å². The molecular formula is C5H3F2N2O3S-. The second kappa shape index (κ2) is 3.60. The van der Waals surface area contributed by atoms with Gasteiger partial charge in [0.25, 0.3) is 5.56 Å². The minimum Gasteiger partial charge on any atom is -0.859 e. The summed E-state index contributed by atoms with van der Waals surface area (Å²) in [5, 5.41) is 10.8. The fraction of sp³-hybridized carbons (Fsp3) is 0.200. The van der Waals surface area contributed by atoms with Gasteiger partial charge in [0.2, 0.25) is 0 Å². The van der Waals surface area contributed by atoms with Crippen LogP contribution in [0.15, 0.2) is 15.7 Å². The standard InChI is InChI=1S/C5H4F2N2O3S/c6-4(7)13-9-3(11)1-2(10)8-5(9)12/h1,4,11H,(H,8,10,12)/p-1. The summed E-state index contributed by atoms with van der Waals surface area (Å²) in [6, 6.07) is 0.525. The van der Waals surface area contributed by atoms with Gasteiger partial charge in [-0.2, -0.15) is 8.78 Å². The SMILES string of the molecule is O=c1cc([O-])n(SC(F)F)c(=O)[nH]1. The van der Waals surface area contributed by atoms with Gasteiger partial charge >= 0.3 is 11.4 Å². The van der Waals surface area contributed by atoms with Crippen LogP contribution < -0.4 is 16.4 Å². The average molecular weight is 209 g/mol. The van der Waals surface area contributed by atoms with E-state index in [1.54, 1.807) is 4.98 Å². The van der Waals surface area contributed by atoms with E-state index in [2.05, 4.69) is 0 Å². The highest BCUT2D eigenvalue weighted by molar-refractivity contribution is 7.98. The van der Waals surface area contributed by atoms with Gasteiger partial charge in [0.05, 0.1) is 0 Å². The summed E-state index contributed by atoms with van der Waals surface area (Å²) in [6.07, 6.45) is 0. The maximum Gasteiger partial charge on any atom is 0.338 e. The van der Waals surface area contributed by atoms with Crippen LogP contribution in [0.25, 0.3) is 0 Å². The quantitative estimate of drug-likeness (QED) is 0.700. The highest BCUT2D eigenvalue weighted by Crippen LogP contribution is 2.16. The topological polar surface area (TPSA) is 77.9 Å². The lowest BCUT2D eigenvalue weighted by molar-refractivity contribution is -0.276. The van der Waals surface area contributed by atoms with Crippen molar-refractivity contribution in [3.05, 3.63) is 26.9 Å². The molecule has 0 saturated heterocycles. The minimum atomic E-state index is -2.89. The Hall–Kier alpha value is -1.31. The van der Waals surface area contributed by atoms with Crippen molar-refractivity contribution in [3.63, 3.8) is 0 Å². The fourth-order valence-electron chi connectivity index (χ4n) is 0.643. The van der Waals surface area contributed by atoms with Crippen molar-refractivity contribution >= 4 is 11.9 Å². The van der Waals surface area contributed by atoms with Gasteiger partial charge in [0.1, 0.15) is 0 Å². The van der Waals surface area contributed by atoms with E-state index in [0.29, 0.717) is 6.07 Å². The van der Waals surface area contributed by atoms with E-state index >= 15 is 0 Å². The molecule has 1 rings (SSSR count). The maximum atomic E-state index is 11.8. The number of nitrogens with one attached hydrogen (secondary N) is 1.